The number of ether oxygens (including phenoxy) is 1. The van der Waals surface area contributed by atoms with Crippen molar-refractivity contribution >= 4 is 40.4 Å². The summed E-state index contributed by atoms with van der Waals surface area (Å²) >= 11 is 6.17. The number of imide groups is 1. The van der Waals surface area contributed by atoms with E-state index in [2.05, 4.69) is 5.32 Å². The van der Waals surface area contributed by atoms with E-state index < -0.39 is 5.91 Å². The number of rotatable bonds is 5. The van der Waals surface area contributed by atoms with Gasteiger partial charge in [-0.3, -0.25) is 9.59 Å². The van der Waals surface area contributed by atoms with Gasteiger partial charge < -0.3 is 10.1 Å². The minimum absolute atomic E-state index is 0.182. The molecule has 1 N–H and O–H groups in total. The molecule has 0 atom stereocenters. The Morgan fingerprint density at radius 1 is 0.903 bits per heavy atom. The van der Waals surface area contributed by atoms with E-state index in [1.54, 1.807) is 42.5 Å². The van der Waals surface area contributed by atoms with Crippen LogP contribution in [-0.2, 0) is 9.59 Å². The molecule has 0 saturated carbocycles. The summed E-state index contributed by atoms with van der Waals surface area (Å²) in [5.74, 6) is -0.310. The quantitative estimate of drug-likeness (QED) is 0.551. The zero-order valence-corrected chi connectivity index (χ0v) is 18.2. The first kappa shape index (κ1) is 20.7. The summed E-state index contributed by atoms with van der Waals surface area (Å²) in [5, 5.41) is 3.61. The van der Waals surface area contributed by atoms with E-state index in [4.69, 9.17) is 16.3 Å². The van der Waals surface area contributed by atoms with Gasteiger partial charge in [0.1, 0.15) is 11.4 Å². The van der Waals surface area contributed by atoms with Crippen molar-refractivity contribution in [1.29, 1.82) is 0 Å². The predicted octanol–water partition coefficient (Wildman–Crippen LogP) is 5.36. The number of halogens is 1. The summed E-state index contributed by atoms with van der Waals surface area (Å²) in [6.45, 7) is 3.91. The maximum Gasteiger partial charge on any atom is 0.282 e. The minimum atomic E-state index is -0.437. The summed E-state index contributed by atoms with van der Waals surface area (Å²) in [6, 6.07) is 19.7. The van der Waals surface area contributed by atoms with E-state index in [0.29, 0.717) is 33.3 Å². The van der Waals surface area contributed by atoms with E-state index in [0.717, 1.165) is 11.1 Å². The summed E-state index contributed by atoms with van der Waals surface area (Å²) in [5.41, 5.74) is 4.19. The van der Waals surface area contributed by atoms with Gasteiger partial charge in [-0.05, 0) is 55.3 Å². The molecule has 3 aromatic rings. The van der Waals surface area contributed by atoms with Crippen molar-refractivity contribution in [2.24, 2.45) is 0 Å². The predicted molar refractivity (Wildman–Crippen MR) is 123 cm³/mol. The fourth-order valence-electron chi connectivity index (χ4n) is 3.71. The maximum atomic E-state index is 13.5. The fourth-order valence-corrected chi connectivity index (χ4v) is 3.89. The summed E-state index contributed by atoms with van der Waals surface area (Å²) in [7, 11) is 1.53. The molecule has 0 bridgehead atoms. The Balaban J connectivity index is 1.89. The topological polar surface area (TPSA) is 58.6 Å². The molecule has 1 aliphatic heterocycles. The molecule has 0 aromatic heterocycles. The molecule has 5 nitrogen and oxygen atoms in total. The molecule has 0 aliphatic carbocycles. The van der Waals surface area contributed by atoms with Crippen LogP contribution in [0.5, 0.6) is 5.75 Å². The Hall–Kier alpha value is -3.57. The van der Waals surface area contributed by atoms with Gasteiger partial charge >= 0.3 is 0 Å². The number of para-hydroxylation sites is 1. The third-order valence-corrected chi connectivity index (χ3v) is 5.41. The monoisotopic (exact) mass is 432 g/mol. The first-order valence-electron chi connectivity index (χ1n) is 9.77. The van der Waals surface area contributed by atoms with Crippen LogP contribution in [0.3, 0.4) is 0 Å². The number of nitrogens with one attached hydrogen (secondary N) is 1. The fraction of sp³-hybridized carbons (Fsp3) is 0.120. The van der Waals surface area contributed by atoms with Crippen molar-refractivity contribution in [3.63, 3.8) is 0 Å². The highest BCUT2D eigenvalue weighted by molar-refractivity contribution is 6.46. The molecule has 6 heteroatoms. The molecule has 4 rings (SSSR count). The van der Waals surface area contributed by atoms with E-state index in [1.807, 2.05) is 38.1 Å². The van der Waals surface area contributed by atoms with E-state index in [1.165, 1.54) is 12.0 Å². The molecule has 1 heterocycles. The molecule has 0 spiro atoms. The van der Waals surface area contributed by atoms with Crippen LogP contribution in [0, 0.1) is 13.8 Å². The number of nitrogens with zero attached hydrogens (tertiary/aromatic N) is 1. The van der Waals surface area contributed by atoms with Gasteiger partial charge in [-0.25, -0.2) is 4.90 Å². The van der Waals surface area contributed by atoms with Crippen LogP contribution in [0.2, 0.25) is 5.02 Å². The lowest BCUT2D eigenvalue weighted by Gasteiger charge is -2.16. The second-order valence-electron chi connectivity index (χ2n) is 7.32. The molecule has 31 heavy (non-hydrogen) atoms. The van der Waals surface area contributed by atoms with Gasteiger partial charge in [0.05, 0.1) is 24.1 Å². The number of carbonyl (C=O) groups excluding carboxylic acids is 2. The SMILES string of the molecule is COc1ccc(Cl)cc1NC1=C(c2ccc(C)cc2C)C(=O)N(c2ccccc2)C1=O. The number of benzene rings is 3. The Morgan fingerprint density at radius 2 is 1.65 bits per heavy atom. The average molecular weight is 433 g/mol. The zero-order valence-electron chi connectivity index (χ0n) is 17.4. The van der Waals surface area contributed by atoms with Crippen molar-refractivity contribution < 1.29 is 14.3 Å². The second kappa shape index (κ2) is 8.28. The lowest BCUT2D eigenvalue weighted by molar-refractivity contribution is -0.120. The number of carbonyl (C=O) groups is 2. The highest BCUT2D eigenvalue weighted by atomic mass is 35.5. The lowest BCUT2D eigenvalue weighted by Crippen LogP contribution is -2.32. The Morgan fingerprint density at radius 3 is 2.32 bits per heavy atom. The molecule has 3 aromatic carbocycles. The molecular weight excluding hydrogens is 412 g/mol. The van der Waals surface area contributed by atoms with Crippen LogP contribution in [0.15, 0.2) is 72.4 Å². The largest absolute Gasteiger partial charge is 0.495 e. The molecule has 2 amide bonds. The van der Waals surface area contributed by atoms with E-state index in [9.17, 15) is 9.59 Å². The molecule has 0 saturated heterocycles. The van der Waals surface area contributed by atoms with Crippen LogP contribution in [0.25, 0.3) is 5.57 Å². The number of methoxy groups -OCH3 is 1. The van der Waals surface area contributed by atoms with Gasteiger partial charge in [-0.2, -0.15) is 0 Å². The molecule has 0 unspecified atom stereocenters. The summed E-state index contributed by atoms with van der Waals surface area (Å²) in [4.78, 5) is 28.2. The number of hydrogen-bond acceptors (Lipinski definition) is 4. The Bertz CT molecular complexity index is 1220. The normalized spacial score (nSPS) is 13.7. The van der Waals surface area contributed by atoms with Crippen molar-refractivity contribution in [3.05, 3.63) is 94.1 Å². The van der Waals surface area contributed by atoms with Crippen LogP contribution >= 0.6 is 11.6 Å². The van der Waals surface area contributed by atoms with Crippen LogP contribution in [0.4, 0.5) is 11.4 Å². The highest BCUT2D eigenvalue weighted by Crippen LogP contribution is 2.37. The van der Waals surface area contributed by atoms with Gasteiger partial charge in [-0.15, -0.1) is 0 Å². The summed E-state index contributed by atoms with van der Waals surface area (Å²) in [6.07, 6.45) is 0. The second-order valence-corrected chi connectivity index (χ2v) is 7.76. The van der Waals surface area contributed by atoms with E-state index >= 15 is 0 Å². The van der Waals surface area contributed by atoms with Gasteiger partial charge in [0, 0.05) is 5.02 Å². The summed E-state index contributed by atoms with van der Waals surface area (Å²) < 4.78 is 5.41. The number of amides is 2. The van der Waals surface area contributed by atoms with Gasteiger partial charge in [0.15, 0.2) is 0 Å². The average Bonchev–Trinajstić information content (AvgIpc) is 2.99. The molecular formula is C25H21ClN2O3. The third kappa shape index (κ3) is 3.80. The minimum Gasteiger partial charge on any atom is -0.495 e. The number of anilines is 2. The lowest BCUT2D eigenvalue weighted by atomic mass is 9.97. The van der Waals surface area contributed by atoms with Gasteiger partial charge in [0.2, 0.25) is 0 Å². The Kier molecular flexibility index (Phi) is 5.53. The first-order chi connectivity index (χ1) is 14.9. The van der Waals surface area contributed by atoms with Gasteiger partial charge in [-0.1, -0.05) is 53.6 Å². The maximum absolute atomic E-state index is 13.5. The highest BCUT2D eigenvalue weighted by Gasteiger charge is 2.41. The van der Waals surface area contributed by atoms with Gasteiger partial charge in [0.25, 0.3) is 11.8 Å². The van der Waals surface area contributed by atoms with Crippen LogP contribution < -0.4 is 15.0 Å². The molecule has 0 radical (unpaired) electrons. The van der Waals surface area contributed by atoms with E-state index in [-0.39, 0.29) is 11.6 Å². The van der Waals surface area contributed by atoms with Crippen molar-refractivity contribution in [2.75, 3.05) is 17.3 Å². The zero-order chi connectivity index (χ0) is 22.1. The third-order valence-electron chi connectivity index (χ3n) is 5.17. The van der Waals surface area contributed by atoms with Crippen molar-refractivity contribution in [1.82, 2.24) is 0 Å². The van der Waals surface area contributed by atoms with Crippen molar-refractivity contribution in [3.8, 4) is 5.75 Å². The number of aryl methyl sites for hydroxylation is 2. The standard InChI is InChI=1S/C25H21ClN2O3/c1-15-9-11-19(16(2)13-15)22-23(27-20-14-17(26)10-12-21(20)31-3)25(30)28(24(22)29)18-7-5-4-6-8-18/h4-14,27H,1-3H3. The Labute approximate surface area is 185 Å². The van der Waals surface area contributed by atoms with Crippen LogP contribution in [-0.4, -0.2) is 18.9 Å². The van der Waals surface area contributed by atoms with Crippen molar-refractivity contribution in [2.45, 2.75) is 13.8 Å². The smallest absolute Gasteiger partial charge is 0.282 e. The molecule has 156 valence electrons. The van der Waals surface area contributed by atoms with Crippen LogP contribution in [0.1, 0.15) is 16.7 Å². The number of hydrogen-bond donors (Lipinski definition) is 1. The molecule has 0 fully saturated rings. The first-order valence-corrected chi connectivity index (χ1v) is 10.1. The molecule has 1 aliphatic rings.